The van der Waals surface area contributed by atoms with Crippen LogP contribution in [0.25, 0.3) is 0 Å². The fraction of sp³-hybridized carbons (Fsp3) is 0.333. The molecule has 1 N–H and O–H groups in total. The molecule has 0 bridgehead atoms. The van der Waals surface area contributed by atoms with Gasteiger partial charge in [0.1, 0.15) is 0 Å². The molecule has 0 spiro atoms. The van der Waals surface area contributed by atoms with Gasteiger partial charge in [-0.2, -0.15) is 0 Å². The average molecular weight is 216 g/mol. The van der Waals surface area contributed by atoms with Crippen molar-refractivity contribution in [3.05, 3.63) is 29.3 Å². The zero-order valence-corrected chi connectivity index (χ0v) is 8.82. The van der Waals surface area contributed by atoms with Crippen LogP contribution in [0.15, 0.2) is 18.2 Å². The van der Waals surface area contributed by atoms with Gasteiger partial charge in [-0.15, -0.1) is 0 Å². The van der Waals surface area contributed by atoms with Crippen LogP contribution in [0, 0.1) is 0 Å². The van der Waals surface area contributed by atoms with Crippen LogP contribution in [0.5, 0.6) is 0 Å². The Labute approximate surface area is 93.2 Å². The summed E-state index contributed by atoms with van der Waals surface area (Å²) in [6.07, 6.45) is 3.32. The van der Waals surface area contributed by atoms with Crippen molar-refractivity contribution >= 4 is 17.6 Å². The number of hydrogen-bond donors (Lipinski definition) is 1. The van der Waals surface area contributed by atoms with E-state index in [0.717, 1.165) is 12.8 Å². The minimum atomic E-state index is -0.317. The van der Waals surface area contributed by atoms with Crippen LogP contribution in [-0.2, 0) is 17.6 Å². The van der Waals surface area contributed by atoms with Gasteiger partial charge in [0.15, 0.2) is 0 Å². The van der Waals surface area contributed by atoms with Crippen molar-refractivity contribution in [1.29, 1.82) is 0 Å². The molecule has 3 rings (SSSR count). The third-order valence-corrected chi connectivity index (χ3v) is 3.18. The highest BCUT2D eigenvalue weighted by atomic mass is 16.2. The molecular weight excluding hydrogens is 204 g/mol. The Hall–Kier alpha value is -1.84. The molecule has 0 aromatic heterocycles. The zero-order valence-electron chi connectivity index (χ0n) is 8.82. The predicted molar refractivity (Wildman–Crippen MR) is 59.4 cm³/mol. The number of aryl methyl sites for hydroxylation is 2. The molecule has 0 saturated carbocycles. The van der Waals surface area contributed by atoms with Gasteiger partial charge in [0.25, 0.3) is 5.91 Å². The van der Waals surface area contributed by atoms with Crippen LogP contribution < -0.4 is 10.2 Å². The van der Waals surface area contributed by atoms with E-state index in [1.165, 1.54) is 22.4 Å². The van der Waals surface area contributed by atoms with Crippen molar-refractivity contribution in [2.24, 2.45) is 0 Å². The lowest BCUT2D eigenvalue weighted by atomic mass is 10.1. The summed E-state index contributed by atoms with van der Waals surface area (Å²) in [6, 6.07) is 5.53. The molecule has 16 heavy (non-hydrogen) atoms. The topological polar surface area (TPSA) is 49.4 Å². The summed E-state index contributed by atoms with van der Waals surface area (Å²) in [5.74, 6) is -0.178. The zero-order chi connectivity index (χ0) is 11.1. The molecule has 4 nitrogen and oxygen atoms in total. The number of anilines is 1. The molecule has 3 amide bonds. The molecule has 1 fully saturated rings. The second-order valence-electron chi connectivity index (χ2n) is 4.19. The number of urea groups is 1. The van der Waals surface area contributed by atoms with Crippen LogP contribution in [-0.4, -0.2) is 18.5 Å². The molecule has 1 aliphatic carbocycles. The molecule has 0 atom stereocenters. The highest BCUT2D eigenvalue weighted by molar-refractivity contribution is 6.19. The summed E-state index contributed by atoms with van der Waals surface area (Å²) in [5, 5.41) is 2.52. The van der Waals surface area contributed by atoms with E-state index in [9.17, 15) is 9.59 Å². The molecule has 2 aliphatic rings. The maximum absolute atomic E-state index is 11.5. The number of nitrogens with one attached hydrogen (secondary N) is 1. The number of amides is 3. The Morgan fingerprint density at radius 2 is 1.94 bits per heavy atom. The standard InChI is InChI=1S/C12H12N2O2/c15-11-7-13-12(16)14(11)10-5-4-8-2-1-3-9(8)6-10/h4-6H,1-3,7H2,(H,13,16). The third kappa shape index (κ3) is 1.30. The monoisotopic (exact) mass is 216 g/mol. The second kappa shape index (κ2) is 3.33. The first kappa shape index (κ1) is 9.39. The average Bonchev–Trinajstić information content (AvgIpc) is 2.85. The molecule has 82 valence electrons. The fourth-order valence-electron chi connectivity index (χ4n) is 2.38. The normalized spacial score (nSPS) is 18.9. The van der Waals surface area contributed by atoms with Crippen molar-refractivity contribution in [2.75, 3.05) is 11.4 Å². The highest BCUT2D eigenvalue weighted by Gasteiger charge is 2.30. The van der Waals surface area contributed by atoms with Gasteiger partial charge in [0.05, 0.1) is 12.2 Å². The molecule has 1 heterocycles. The van der Waals surface area contributed by atoms with Crippen molar-refractivity contribution < 1.29 is 9.59 Å². The Morgan fingerprint density at radius 3 is 2.69 bits per heavy atom. The van der Waals surface area contributed by atoms with E-state index >= 15 is 0 Å². The summed E-state index contributed by atoms with van der Waals surface area (Å²) < 4.78 is 0. The van der Waals surface area contributed by atoms with Crippen molar-refractivity contribution in [1.82, 2.24) is 5.32 Å². The number of hydrogen-bond acceptors (Lipinski definition) is 2. The largest absolute Gasteiger partial charge is 0.329 e. The van der Waals surface area contributed by atoms with Crippen LogP contribution in [0.1, 0.15) is 17.5 Å². The van der Waals surface area contributed by atoms with E-state index in [2.05, 4.69) is 5.32 Å². The van der Waals surface area contributed by atoms with E-state index in [1.54, 1.807) is 0 Å². The first-order valence-electron chi connectivity index (χ1n) is 5.48. The molecule has 1 saturated heterocycles. The fourth-order valence-corrected chi connectivity index (χ4v) is 2.38. The quantitative estimate of drug-likeness (QED) is 0.718. The molecular formula is C12H12N2O2. The predicted octanol–water partition coefficient (Wildman–Crippen LogP) is 1.23. The summed E-state index contributed by atoms with van der Waals surface area (Å²) in [7, 11) is 0. The highest BCUT2D eigenvalue weighted by Crippen LogP contribution is 2.27. The Kier molecular flexibility index (Phi) is 1.96. The van der Waals surface area contributed by atoms with Gasteiger partial charge >= 0.3 is 6.03 Å². The smallest absolute Gasteiger partial charge is 0.328 e. The van der Waals surface area contributed by atoms with Gasteiger partial charge in [-0.05, 0) is 42.5 Å². The first-order valence-corrected chi connectivity index (χ1v) is 5.48. The minimum Gasteiger partial charge on any atom is -0.328 e. The number of imide groups is 1. The van der Waals surface area contributed by atoms with Gasteiger partial charge in [-0.25, -0.2) is 9.69 Å². The first-order chi connectivity index (χ1) is 7.75. The van der Waals surface area contributed by atoms with Gasteiger partial charge in [-0.1, -0.05) is 6.07 Å². The lowest BCUT2D eigenvalue weighted by molar-refractivity contribution is -0.115. The van der Waals surface area contributed by atoms with Gasteiger partial charge in [-0.3, -0.25) is 4.79 Å². The molecule has 1 aromatic carbocycles. The lowest BCUT2D eigenvalue weighted by Gasteiger charge is -2.13. The number of nitrogens with zero attached hydrogens (tertiary/aromatic N) is 1. The minimum absolute atomic E-state index is 0.107. The number of benzene rings is 1. The number of fused-ring (bicyclic) bond motifs is 1. The van der Waals surface area contributed by atoms with E-state index < -0.39 is 0 Å². The van der Waals surface area contributed by atoms with Crippen molar-refractivity contribution in [2.45, 2.75) is 19.3 Å². The maximum atomic E-state index is 11.5. The molecule has 0 unspecified atom stereocenters. The van der Waals surface area contributed by atoms with E-state index in [4.69, 9.17) is 0 Å². The summed E-state index contributed by atoms with van der Waals surface area (Å²) in [4.78, 5) is 24.2. The molecule has 0 radical (unpaired) electrons. The van der Waals surface area contributed by atoms with Crippen LogP contribution >= 0.6 is 0 Å². The van der Waals surface area contributed by atoms with Crippen LogP contribution in [0.3, 0.4) is 0 Å². The SMILES string of the molecule is O=C1CNC(=O)N1c1ccc2c(c1)CCC2. The van der Waals surface area contributed by atoms with Crippen molar-refractivity contribution in [3.8, 4) is 0 Å². The third-order valence-electron chi connectivity index (χ3n) is 3.18. The van der Waals surface area contributed by atoms with Gasteiger partial charge < -0.3 is 5.32 Å². The van der Waals surface area contributed by atoms with E-state index in [0.29, 0.717) is 5.69 Å². The van der Waals surface area contributed by atoms with Gasteiger partial charge in [0, 0.05) is 0 Å². The lowest BCUT2D eigenvalue weighted by Crippen LogP contribution is -2.30. The molecule has 1 aromatic rings. The number of carbonyl (C=O) groups excluding carboxylic acids is 2. The van der Waals surface area contributed by atoms with Crippen molar-refractivity contribution in [3.63, 3.8) is 0 Å². The number of carbonyl (C=O) groups is 2. The van der Waals surface area contributed by atoms with E-state index in [-0.39, 0.29) is 18.5 Å². The molecule has 1 aliphatic heterocycles. The van der Waals surface area contributed by atoms with Crippen LogP contribution in [0.4, 0.5) is 10.5 Å². The second-order valence-corrected chi connectivity index (χ2v) is 4.19. The Morgan fingerprint density at radius 1 is 1.12 bits per heavy atom. The Balaban J connectivity index is 2.00. The maximum Gasteiger partial charge on any atom is 0.329 e. The van der Waals surface area contributed by atoms with Gasteiger partial charge in [0.2, 0.25) is 0 Å². The van der Waals surface area contributed by atoms with E-state index in [1.807, 2.05) is 18.2 Å². The summed E-state index contributed by atoms with van der Waals surface area (Å²) >= 11 is 0. The molecule has 4 heteroatoms. The number of rotatable bonds is 1. The summed E-state index contributed by atoms with van der Waals surface area (Å²) in [6.45, 7) is 0.107. The summed E-state index contributed by atoms with van der Waals surface area (Å²) in [5.41, 5.74) is 3.31. The Bertz CT molecular complexity index is 466. The van der Waals surface area contributed by atoms with Crippen LogP contribution in [0.2, 0.25) is 0 Å².